The number of rotatable bonds is 9. The molecule has 2 aromatic heterocycles. The van der Waals surface area contributed by atoms with Crippen molar-refractivity contribution < 1.29 is 23.8 Å². The molecule has 1 amide bonds. The van der Waals surface area contributed by atoms with Crippen LogP contribution in [0, 0.1) is 12.8 Å². The number of carbonyl (C=O) groups excluding carboxylic acids is 1. The van der Waals surface area contributed by atoms with Crippen LogP contribution in [0.15, 0.2) is 89.2 Å². The Bertz CT molecular complexity index is 1700. The third-order valence-corrected chi connectivity index (χ3v) is 8.51. The SMILES string of the molecule is CCO[C@H]1OC(C(=O)Nc2ccc(-c3nc4ccc(C)cc4s3)cc2)=C[C@@H](c2coc3ccccc23)[C@H]1CCCO. The number of aliphatic hydroxyl groups excluding tert-OH is 1. The van der Waals surface area contributed by atoms with Gasteiger partial charge in [0.15, 0.2) is 5.76 Å². The Morgan fingerprint density at radius 3 is 2.76 bits per heavy atom. The van der Waals surface area contributed by atoms with Crippen LogP contribution in [0.3, 0.4) is 0 Å². The van der Waals surface area contributed by atoms with Crippen LogP contribution in [-0.2, 0) is 14.3 Å². The lowest BCUT2D eigenvalue weighted by atomic mass is 9.80. The largest absolute Gasteiger partial charge is 0.464 e. The van der Waals surface area contributed by atoms with Gasteiger partial charge < -0.3 is 24.3 Å². The van der Waals surface area contributed by atoms with Gasteiger partial charge in [-0.1, -0.05) is 24.3 Å². The smallest absolute Gasteiger partial charge is 0.290 e. The quantitative estimate of drug-likeness (QED) is 0.192. The molecule has 8 heteroatoms. The van der Waals surface area contributed by atoms with Gasteiger partial charge in [-0.2, -0.15) is 0 Å². The Morgan fingerprint density at radius 1 is 1.12 bits per heavy atom. The molecular formula is C33H32N2O5S. The third-order valence-electron chi connectivity index (χ3n) is 7.44. The number of anilines is 1. The van der Waals surface area contributed by atoms with Crippen molar-refractivity contribution in [2.24, 2.45) is 5.92 Å². The topological polar surface area (TPSA) is 93.8 Å². The fourth-order valence-electron chi connectivity index (χ4n) is 5.42. The molecule has 210 valence electrons. The van der Waals surface area contributed by atoms with E-state index in [1.807, 2.05) is 67.6 Å². The second kappa shape index (κ2) is 11.9. The maximum atomic E-state index is 13.5. The standard InChI is InChI=1S/C33H32N2O5S/c1-3-38-33-24(8-6-16-36)25(26-19-39-28-9-5-4-7-23(26)28)18-29(40-33)31(37)34-22-13-11-21(12-14-22)32-35-27-15-10-20(2)17-30(27)41-32/h4-5,7,9-15,17-19,24-25,33,36H,3,6,8,16H2,1-2H3,(H,34,37)/t24-,25-,33+/m1/s1. The zero-order valence-electron chi connectivity index (χ0n) is 23.0. The number of amides is 1. The number of furan rings is 1. The molecule has 6 rings (SSSR count). The van der Waals surface area contributed by atoms with E-state index in [1.165, 1.54) is 5.56 Å². The molecule has 2 N–H and O–H groups in total. The van der Waals surface area contributed by atoms with E-state index in [2.05, 4.69) is 24.4 Å². The van der Waals surface area contributed by atoms with Crippen molar-refractivity contribution in [1.29, 1.82) is 0 Å². The minimum absolute atomic E-state index is 0.0674. The van der Waals surface area contributed by atoms with Gasteiger partial charge in [0.1, 0.15) is 10.6 Å². The predicted octanol–water partition coefficient (Wildman–Crippen LogP) is 7.41. The Morgan fingerprint density at radius 2 is 1.95 bits per heavy atom. The van der Waals surface area contributed by atoms with Gasteiger partial charge >= 0.3 is 0 Å². The number of aromatic nitrogens is 1. The van der Waals surface area contributed by atoms with E-state index in [0.717, 1.165) is 37.3 Å². The van der Waals surface area contributed by atoms with Crippen LogP contribution in [0.4, 0.5) is 5.69 Å². The number of aliphatic hydroxyl groups is 1. The van der Waals surface area contributed by atoms with Crippen molar-refractivity contribution in [3.63, 3.8) is 0 Å². The lowest BCUT2D eigenvalue weighted by Crippen LogP contribution is -2.37. The summed E-state index contributed by atoms with van der Waals surface area (Å²) in [5.41, 5.74) is 5.59. The van der Waals surface area contributed by atoms with Crippen LogP contribution in [0.5, 0.6) is 0 Å². The molecule has 0 unspecified atom stereocenters. The first-order valence-electron chi connectivity index (χ1n) is 13.9. The molecule has 0 bridgehead atoms. The second-order valence-corrected chi connectivity index (χ2v) is 11.3. The summed E-state index contributed by atoms with van der Waals surface area (Å²) in [6.45, 7) is 4.48. The lowest BCUT2D eigenvalue weighted by molar-refractivity contribution is -0.164. The van der Waals surface area contributed by atoms with Crippen molar-refractivity contribution in [3.8, 4) is 10.6 Å². The van der Waals surface area contributed by atoms with Crippen LogP contribution in [0.2, 0.25) is 0 Å². The van der Waals surface area contributed by atoms with E-state index < -0.39 is 6.29 Å². The van der Waals surface area contributed by atoms with Crippen molar-refractivity contribution >= 4 is 44.1 Å². The summed E-state index contributed by atoms with van der Waals surface area (Å²) in [5, 5.41) is 14.5. The number of thiazole rings is 1. The summed E-state index contributed by atoms with van der Waals surface area (Å²) >= 11 is 1.65. The van der Waals surface area contributed by atoms with Crippen molar-refractivity contribution in [2.75, 3.05) is 18.5 Å². The molecule has 1 aliphatic heterocycles. The molecule has 5 aromatic rings. The minimum atomic E-state index is -0.638. The van der Waals surface area contributed by atoms with E-state index in [9.17, 15) is 9.90 Å². The van der Waals surface area contributed by atoms with Gasteiger partial charge in [-0.3, -0.25) is 4.79 Å². The molecule has 0 aliphatic carbocycles. The highest BCUT2D eigenvalue weighted by Crippen LogP contribution is 2.42. The lowest BCUT2D eigenvalue weighted by Gasteiger charge is -2.36. The third kappa shape index (κ3) is 5.63. The van der Waals surface area contributed by atoms with Crippen LogP contribution < -0.4 is 5.32 Å². The van der Waals surface area contributed by atoms with E-state index in [1.54, 1.807) is 17.6 Å². The first kappa shape index (κ1) is 27.2. The van der Waals surface area contributed by atoms with E-state index in [4.69, 9.17) is 18.9 Å². The highest BCUT2D eigenvalue weighted by Gasteiger charge is 2.39. The summed E-state index contributed by atoms with van der Waals surface area (Å²) in [4.78, 5) is 18.2. The molecule has 0 saturated heterocycles. The van der Waals surface area contributed by atoms with E-state index in [0.29, 0.717) is 25.1 Å². The predicted molar refractivity (Wildman–Crippen MR) is 162 cm³/mol. The number of carbonyl (C=O) groups is 1. The van der Waals surface area contributed by atoms with Gasteiger partial charge in [0.25, 0.3) is 5.91 Å². The van der Waals surface area contributed by atoms with Crippen molar-refractivity contribution in [3.05, 3.63) is 96.0 Å². The minimum Gasteiger partial charge on any atom is -0.464 e. The summed E-state index contributed by atoms with van der Waals surface area (Å²) in [6.07, 6.45) is 4.25. The number of para-hydroxylation sites is 1. The first-order chi connectivity index (χ1) is 20.0. The second-order valence-electron chi connectivity index (χ2n) is 10.2. The fraction of sp³-hybridized carbons (Fsp3) is 0.273. The number of benzene rings is 3. The molecule has 0 saturated carbocycles. The Labute approximate surface area is 242 Å². The number of hydrogen-bond acceptors (Lipinski definition) is 7. The number of fused-ring (bicyclic) bond motifs is 2. The highest BCUT2D eigenvalue weighted by molar-refractivity contribution is 7.21. The summed E-state index contributed by atoms with van der Waals surface area (Å²) in [5.74, 6) is -0.446. The maximum absolute atomic E-state index is 13.5. The van der Waals surface area contributed by atoms with Gasteiger partial charge in [-0.25, -0.2) is 4.98 Å². The molecule has 0 radical (unpaired) electrons. The Hall–Kier alpha value is -3.98. The van der Waals surface area contributed by atoms with E-state index in [-0.39, 0.29) is 30.1 Å². The number of hydrogen-bond donors (Lipinski definition) is 2. The van der Waals surface area contributed by atoms with Crippen LogP contribution >= 0.6 is 11.3 Å². The number of nitrogens with one attached hydrogen (secondary N) is 1. The average Bonchev–Trinajstić information content (AvgIpc) is 3.61. The fourth-order valence-corrected chi connectivity index (χ4v) is 6.49. The number of aryl methyl sites for hydroxylation is 1. The highest BCUT2D eigenvalue weighted by atomic mass is 32.1. The van der Waals surface area contributed by atoms with Crippen LogP contribution in [-0.4, -0.2) is 35.5 Å². The monoisotopic (exact) mass is 568 g/mol. The normalized spacial score (nSPS) is 18.8. The molecule has 3 heterocycles. The Kier molecular flexibility index (Phi) is 7.87. The summed E-state index contributed by atoms with van der Waals surface area (Å²) < 4.78 is 19.2. The molecule has 41 heavy (non-hydrogen) atoms. The molecule has 3 atom stereocenters. The van der Waals surface area contributed by atoms with Crippen molar-refractivity contribution in [2.45, 2.75) is 38.9 Å². The number of nitrogens with zero attached hydrogens (tertiary/aromatic N) is 1. The first-order valence-corrected chi connectivity index (χ1v) is 14.7. The van der Waals surface area contributed by atoms with Gasteiger partial charge in [0.2, 0.25) is 6.29 Å². The Balaban J connectivity index is 1.27. The molecule has 3 aromatic carbocycles. The molecule has 0 fully saturated rings. The molecule has 0 spiro atoms. The number of ether oxygens (including phenoxy) is 2. The summed E-state index contributed by atoms with van der Waals surface area (Å²) in [7, 11) is 0. The van der Waals surface area contributed by atoms with E-state index >= 15 is 0 Å². The number of allylic oxidation sites excluding steroid dienone is 1. The van der Waals surface area contributed by atoms with Gasteiger partial charge in [-0.15, -0.1) is 11.3 Å². The average molecular weight is 569 g/mol. The van der Waals surface area contributed by atoms with Gasteiger partial charge in [0.05, 0.1) is 16.5 Å². The summed E-state index contributed by atoms with van der Waals surface area (Å²) in [6, 6.07) is 21.8. The molecule has 7 nitrogen and oxygen atoms in total. The zero-order chi connectivity index (χ0) is 28.3. The zero-order valence-corrected chi connectivity index (χ0v) is 23.8. The maximum Gasteiger partial charge on any atom is 0.290 e. The molecular weight excluding hydrogens is 536 g/mol. The van der Waals surface area contributed by atoms with Crippen LogP contribution in [0.25, 0.3) is 31.8 Å². The van der Waals surface area contributed by atoms with Crippen LogP contribution in [0.1, 0.15) is 36.8 Å². The van der Waals surface area contributed by atoms with Gasteiger partial charge in [0, 0.05) is 47.3 Å². The molecule has 1 aliphatic rings. The van der Waals surface area contributed by atoms with Crippen molar-refractivity contribution in [1.82, 2.24) is 4.98 Å². The van der Waals surface area contributed by atoms with Gasteiger partial charge in [-0.05, 0) is 80.8 Å².